The molecule has 0 unspecified atom stereocenters. The Kier molecular flexibility index (Phi) is 3.56. The number of ketones is 1. The molecule has 1 amide bonds. The third kappa shape index (κ3) is 2.47. The van der Waals surface area contributed by atoms with Crippen LogP contribution >= 0.6 is 11.8 Å². The van der Waals surface area contributed by atoms with Gasteiger partial charge in [0.05, 0.1) is 12.5 Å². The molecule has 1 fully saturated rings. The second-order valence-electron chi connectivity index (χ2n) is 4.92. The summed E-state index contributed by atoms with van der Waals surface area (Å²) in [4.78, 5) is 25.7. The minimum absolute atomic E-state index is 0.0536. The van der Waals surface area contributed by atoms with E-state index in [0.29, 0.717) is 17.1 Å². The molecule has 1 saturated heterocycles. The number of carbonyl (C=O) groups excluding carboxylic acids is 2. The molecule has 0 atom stereocenters. The molecule has 5 nitrogen and oxygen atoms in total. The second-order valence-corrected chi connectivity index (χ2v) is 5.99. The van der Waals surface area contributed by atoms with Gasteiger partial charge in [-0.25, -0.2) is 0 Å². The number of Topliss-reactive ketones (excluding diaryl/α,β-unsaturated/α-hetero) is 1. The van der Waals surface area contributed by atoms with Crippen LogP contribution in [0.25, 0.3) is 0 Å². The van der Waals surface area contributed by atoms with E-state index in [4.69, 9.17) is 9.47 Å². The zero-order valence-corrected chi connectivity index (χ0v) is 11.9. The molecule has 0 aliphatic carbocycles. The highest BCUT2D eigenvalue weighted by atomic mass is 32.2. The summed E-state index contributed by atoms with van der Waals surface area (Å²) in [5.74, 6) is 3.00. The van der Waals surface area contributed by atoms with Crippen LogP contribution < -0.4 is 9.47 Å². The van der Waals surface area contributed by atoms with Crippen molar-refractivity contribution in [2.75, 3.05) is 31.9 Å². The van der Waals surface area contributed by atoms with E-state index in [1.165, 1.54) is 4.90 Å². The van der Waals surface area contributed by atoms with Crippen LogP contribution in [0.5, 0.6) is 11.5 Å². The van der Waals surface area contributed by atoms with E-state index in [-0.39, 0.29) is 30.9 Å². The number of hydrogen-bond donors (Lipinski definition) is 0. The number of likely N-dealkylation sites (N-methyl/N-ethyl adjacent to an activating group) is 1. The van der Waals surface area contributed by atoms with E-state index < -0.39 is 0 Å². The highest BCUT2D eigenvalue weighted by Gasteiger charge is 2.29. The van der Waals surface area contributed by atoms with Crippen LogP contribution in [0.1, 0.15) is 10.4 Å². The summed E-state index contributed by atoms with van der Waals surface area (Å²) in [6, 6.07) is 5.09. The van der Waals surface area contributed by atoms with Gasteiger partial charge in [0.2, 0.25) is 12.7 Å². The molecule has 2 heterocycles. The standard InChI is InChI=1S/C14H15NO4S/c1-15(14(17)10-6-20-7-10)5-11(16)9-2-3-12-13(4-9)19-8-18-12/h2-4,10H,5-8H2,1H3. The van der Waals surface area contributed by atoms with Crippen LogP contribution in [0, 0.1) is 5.92 Å². The summed E-state index contributed by atoms with van der Waals surface area (Å²) in [6.07, 6.45) is 0. The quantitative estimate of drug-likeness (QED) is 0.786. The summed E-state index contributed by atoms with van der Waals surface area (Å²) in [5.41, 5.74) is 0.539. The van der Waals surface area contributed by atoms with Gasteiger partial charge in [-0.1, -0.05) is 0 Å². The molecule has 0 spiro atoms. The maximum absolute atomic E-state index is 12.2. The summed E-state index contributed by atoms with van der Waals surface area (Å²) in [5, 5.41) is 0. The van der Waals surface area contributed by atoms with Crippen LogP contribution in [0.2, 0.25) is 0 Å². The van der Waals surface area contributed by atoms with Crippen molar-refractivity contribution in [3.63, 3.8) is 0 Å². The monoisotopic (exact) mass is 293 g/mol. The SMILES string of the molecule is CN(CC(=O)c1ccc2c(c1)OCO2)C(=O)C1CSC1. The number of nitrogens with zero attached hydrogens (tertiary/aromatic N) is 1. The van der Waals surface area contributed by atoms with Crippen molar-refractivity contribution >= 4 is 23.5 Å². The van der Waals surface area contributed by atoms with Crippen LogP contribution in [-0.4, -0.2) is 48.5 Å². The average Bonchev–Trinajstić information content (AvgIpc) is 2.83. The first-order valence-corrected chi connectivity index (χ1v) is 7.56. The molecule has 0 saturated carbocycles. The fraction of sp³-hybridized carbons (Fsp3) is 0.429. The Hall–Kier alpha value is -1.69. The molecule has 106 valence electrons. The van der Waals surface area contributed by atoms with Gasteiger partial charge in [-0.05, 0) is 18.2 Å². The van der Waals surface area contributed by atoms with Crippen LogP contribution in [-0.2, 0) is 4.79 Å². The Morgan fingerprint density at radius 3 is 2.75 bits per heavy atom. The molecule has 0 N–H and O–H groups in total. The largest absolute Gasteiger partial charge is 0.454 e. The number of thioether (sulfide) groups is 1. The Morgan fingerprint density at radius 1 is 1.30 bits per heavy atom. The molecule has 2 aliphatic heterocycles. The molecule has 0 aromatic heterocycles. The van der Waals surface area contributed by atoms with Gasteiger partial charge in [0, 0.05) is 24.1 Å². The molecule has 3 rings (SSSR count). The van der Waals surface area contributed by atoms with E-state index in [1.807, 2.05) is 0 Å². The van der Waals surface area contributed by atoms with E-state index in [0.717, 1.165) is 11.5 Å². The van der Waals surface area contributed by atoms with Crippen LogP contribution in [0.4, 0.5) is 0 Å². The molecule has 0 radical (unpaired) electrons. The van der Waals surface area contributed by atoms with Crippen molar-refractivity contribution in [2.24, 2.45) is 5.92 Å². The van der Waals surface area contributed by atoms with Crippen molar-refractivity contribution in [1.29, 1.82) is 0 Å². The normalized spacial score (nSPS) is 16.6. The van der Waals surface area contributed by atoms with Gasteiger partial charge in [0.15, 0.2) is 17.3 Å². The van der Waals surface area contributed by atoms with Gasteiger partial charge >= 0.3 is 0 Å². The molecule has 1 aromatic carbocycles. The highest BCUT2D eigenvalue weighted by molar-refractivity contribution is 8.00. The van der Waals surface area contributed by atoms with Crippen LogP contribution in [0.3, 0.4) is 0 Å². The smallest absolute Gasteiger partial charge is 0.231 e. The van der Waals surface area contributed by atoms with E-state index in [2.05, 4.69) is 0 Å². The lowest BCUT2D eigenvalue weighted by molar-refractivity contribution is -0.132. The maximum Gasteiger partial charge on any atom is 0.231 e. The van der Waals surface area contributed by atoms with Crippen molar-refractivity contribution < 1.29 is 19.1 Å². The zero-order chi connectivity index (χ0) is 14.1. The van der Waals surface area contributed by atoms with Gasteiger partial charge < -0.3 is 14.4 Å². The number of carbonyl (C=O) groups is 2. The lowest BCUT2D eigenvalue weighted by Gasteiger charge is -2.28. The summed E-state index contributed by atoms with van der Waals surface area (Å²) in [6.45, 7) is 0.282. The molecule has 0 bridgehead atoms. The molecule has 2 aliphatic rings. The third-order valence-corrected chi connectivity index (χ3v) is 4.71. The summed E-state index contributed by atoms with van der Waals surface area (Å²) < 4.78 is 10.5. The molecule has 6 heteroatoms. The molecule has 1 aromatic rings. The highest BCUT2D eigenvalue weighted by Crippen LogP contribution is 2.32. The van der Waals surface area contributed by atoms with Crippen molar-refractivity contribution in [2.45, 2.75) is 0 Å². The number of rotatable bonds is 4. The van der Waals surface area contributed by atoms with Crippen LogP contribution in [0.15, 0.2) is 18.2 Å². The van der Waals surface area contributed by atoms with Crippen molar-refractivity contribution in [1.82, 2.24) is 4.90 Å². The zero-order valence-electron chi connectivity index (χ0n) is 11.1. The average molecular weight is 293 g/mol. The minimum atomic E-state index is -0.0915. The topological polar surface area (TPSA) is 55.8 Å². The Morgan fingerprint density at radius 2 is 2.05 bits per heavy atom. The summed E-state index contributed by atoms with van der Waals surface area (Å²) >= 11 is 1.76. The first-order chi connectivity index (χ1) is 9.65. The Balaban J connectivity index is 1.65. The third-order valence-electron chi connectivity index (χ3n) is 3.44. The Bertz CT molecular complexity index is 556. The Labute approximate surface area is 121 Å². The predicted molar refractivity (Wildman–Crippen MR) is 75.3 cm³/mol. The van der Waals surface area contributed by atoms with E-state index in [9.17, 15) is 9.59 Å². The maximum atomic E-state index is 12.2. The number of amides is 1. The number of hydrogen-bond acceptors (Lipinski definition) is 5. The van der Waals surface area contributed by atoms with E-state index in [1.54, 1.807) is 37.0 Å². The van der Waals surface area contributed by atoms with Gasteiger partial charge in [-0.15, -0.1) is 0 Å². The minimum Gasteiger partial charge on any atom is -0.454 e. The van der Waals surface area contributed by atoms with E-state index >= 15 is 0 Å². The summed E-state index contributed by atoms with van der Waals surface area (Å²) in [7, 11) is 1.68. The number of fused-ring (bicyclic) bond motifs is 1. The predicted octanol–water partition coefficient (Wildman–Crippen LogP) is 1.42. The van der Waals surface area contributed by atoms with Crippen molar-refractivity contribution in [3.05, 3.63) is 23.8 Å². The van der Waals surface area contributed by atoms with Gasteiger partial charge in [0.25, 0.3) is 0 Å². The fourth-order valence-electron chi connectivity index (χ4n) is 2.14. The van der Waals surface area contributed by atoms with Gasteiger partial charge in [-0.3, -0.25) is 9.59 Å². The van der Waals surface area contributed by atoms with Gasteiger partial charge in [-0.2, -0.15) is 11.8 Å². The first-order valence-electron chi connectivity index (χ1n) is 6.41. The number of benzene rings is 1. The molecule has 20 heavy (non-hydrogen) atoms. The number of ether oxygens (including phenoxy) is 2. The lowest BCUT2D eigenvalue weighted by atomic mass is 10.1. The second kappa shape index (κ2) is 5.36. The fourth-order valence-corrected chi connectivity index (χ4v) is 2.90. The van der Waals surface area contributed by atoms with Crippen molar-refractivity contribution in [3.8, 4) is 11.5 Å². The molecular formula is C14H15NO4S. The van der Waals surface area contributed by atoms with Gasteiger partial charge in [0.1, 0.15) is 0 Å². The lowest BCUT2D eigenvalue weighted by Crippen LogP contribution is -2.41. The first kappa shape index (κ1) is 13.3. The molecular weight excluding hydrogens is 278 g/mol.